The predicted octanol–water partition coefficient (Wildman–Crippen LogP) is 4.20. The number of carboxylic acid groups (broad SMARTS) is 1. The van der Waals surface area contributed by atoms with Crippen molar-refractivity contribution in [2.45, 2.75) is 64.4 Å². The van der Waals surface area contributed by atoms with Gasteiger partial charge in [-0.05, 0) is 44.0 Å². The third kappa shape index (κ3) is 6.86. The third-order valence-electron chi connectivity index (χ3n) is 5.67. The molecule has 11 heteroatoms. The Morgan fingerprint density at radius 2 is 1.89 bits per heavy atom. The van der Waals surface area contributed by atoms with Crippen molar-refractivity contribution in [3.8, 4) is 11.3 Å². The van der Waals surface area contributed by atoms with Crippen molar-refractivity contribution in [1.29, 1.82) is 0 Å². The maximum Gasteiger partial charge on any atom is 0.305 e. The number of benzene rings is 1. The van der Waals surface area contributed by atoms with Crippen molar-refractivity contribution in [2.75, 3.05) is 17.6 Å². The van der Waals surface area contributed by atoms with Crippen LogP contribution >= 0.6 is 0 Å². The molecule has 0 spiro atoms. The van der Waals surface area contributed by atoms with Crippen LogP contribution in [0.5, 0.6) is 0 Å². The number of sulfonamides is 1. The standard InChI is InChI=1S/C25H32FN3O6S/c1-15(2)22-20(12-11-18-13-19(14-21(30)31)35-25(3,4)34-18)23(16-7-9-17(26)10-8-16)28-24(27-22)29(5)36(6,32)33/h7-12,15,18-19H,13-14H2,1-6H3,(H,30,31)/b12-11+. The fraction of sp³-hybridized carbons (Fsp3) is 0.480. The SMILES string of the molecule is CC(C)c1nc(N(C)S(C)(=O)=O)nc(-c2ccc(F)cc2)c1/C=C/C1CC(CC(=O)O)OC(C)(C)O1. The van der Waals surface area contributed by atoms with Crippen LogP contribution in [0.15, 0.2) is 30.3 Å². The highest BCUT2D eigenvalue weighted by molar-refractivity contribution is 7.92. The lowest BCUT2D eigenvalue weighted by molar-refractivity contribution is -0.290. The second-order valence-corrected chi connectivity index (χ2v) is 11.6. The summed E-state index contributed by atoms with van der Waals surface area (Å²) >= 11 is 0. The van der Waals surface area contributed by atoms with Gasteiger partial charge in [-0.1, -0.05) is 26.0 Å². The Morgan fingerprint density at radius 1 is 1.25 bits per heavy atom. The number of anilines is 1. The molecule has 0 radical (unpaired) electrons. The number of hydrogen-bond acceptors (Lipinski definition) is 7. The molecular formula is C25H32FN3O6S. The Kier molecular flexibility index (Phi) is 8.17. The zero-order valence-electron chi connectivity index (χ0n) is 21.2. The van der Waals surface area contributed by atoms with Gasteiger partial charge in [-0.15, -0.1) is 0 Å². The van der Waals surface area contributed by atoms with Gasteiger partial charge in [-0.25, -0.2) is 27.1 Å². The molecule has 196 valence electrons. The van der Waals surface area contributed by atoms with E-state index < -0.39 is 39.8 Å². The summed E-state index contributed by atoms with van der Waals surface area (Å²) in [6.45, 7) is 7.30. The van der Waals surface area contributed by atoms with E-state index in [-0.39, 0.29) is 18.3 Å². The van der Waals surface area contributed by atoms with E-state index in [2.05, 4.69) is 9.97 Å². The van der Waals surface area contributed by atoms with Crippen molar-refractivity contribution in [2.24, 2.45) is 0 Å². The lowest BCUT2D eigenvalue weighted by Crippen LogP contribution is -2.44. The Hall–Kier alpha value is -2.89. The number of carboxylic acids is 1. The second-order valence-electron chi connectivity index (χ2n) is 9.55. The Morgan fingerprint density at radius 3 is 2.44 bits per heavy atom. The van der Waals surface area contributed by atoms with Gasteiger partial charge in [0.15, 0.2) is 5.79 Å². The third-order valence-corrected chi connectivity index (χ3v) is 6.83. The number of carbonyl (C=O) groups is 1. The summed E-state index contributed by atoms with van der Waals surface area (Å²) in [5, 5.41) is 9.21. The molecule has 2 aromatic rings. The Bertz CT molecular complexity index is 1250. The molecule has 2 atom stereocenters. The molecule has 0 aliphatic carbocycles. The van der Waals surface area contributed by atoms with E-state index >= 15 is 0 Å². The first-order valence-electron chi connectivity index (χ1n) is 11.5. The highest BCUT2D eigenvalue weighted by atomic mass is 32.2. The van der Waals surface area contributed by atoms with Crippen LogP contribution in [-0.4, -0.2) is 60.8 Å². The van der Waals surface area contributed by atoms with Crippen LogP contribution in [0.25, 0.3) is 17.3 Å². The highest BCUT2D eigenvalue weighted by Crippen LogP contribution is 2.33. The van der Waals surface area contributed by atoms with Gasteiger partial charge in [0.05, 0.1) is 36.3 Å². The van der Waals surface area contributed by atoms with Crippen LogP contribution in [-0.2, 0) is 24.3 Å². The Balaban J connectivity index is 2.13. The van der Waals surface area contributed by atoms with Crippen molar-refractivity contribution in [3.63, 3.8) is 0 Å². The van der Waals surface area contributed by atoms with E-state index in [9.17, 15) is 22.7 Å². The van der Waals surface area contributed by atoms with Crippen LogP contribution in [0.2, 0.25) is 0 Å². The molecule has 36 heavy (non-hydrogen) atoms. The maximum absolute atomic E-state index is 13.7. The first kappa shape index (κ1) is 27.7. The number of aliphatic carboxylic acids is 1. The lowest BCUT2D eigenvalue weighted by atomic mass is 9.97. The highest BCUT2D eigenvalue weighted by Gasteiger charge is 2.35. The van der Waals surface area contributed by atoms with Crippen LogP contribution in [0.1, 0.15) is 57.7 Å². The van der Waals surface area contributed by atoms with Gasteiger partial charge >= 0.3 is 5.97 Å². The first-order valence-corrected chi connectivity index (χ1v) is 13.4. The lowest BCUT2D eigenvalue weighted by Gasteiger charge is -2.39. The number of ether oxygens (including phenoxy) is 2. The van der Waals surface area contributed by atoms with Gasteiger partial charge in [0.25, 0.3) is 0 Å². The summed E-state index contributed by atoms with van der Waals surface area (Å²) < 4.78 is 50.8. The van der Waals surface area contributed by atoms with Gasteiger partial charge in [-0.3, -0.25) is 4.79 Å². The van der Waals surface area contributed by atoms with E-state index in [1.165, 1.54) is 19.2 Å². The molecule has 9 nitrogen and oxygen atoms in total. The summed E-state index contributed by atoms with van der Waals surface area (Å²) in [5.74, 6) is -2.45. The number of aromatic nitrogens is 2. The van der Waals surface area contributed by atoms with Crippen LogP contribution in [0.3, 0.4) is 0 Å². The van der Waals surface area contributed by atoms with Crippen molar-refractivity contribution in [1.82, 2.24) is 9.97 Å². The maximum atomic E-state index is 13.7. The quantitative estimate of drug-likeness (QED) is 0.549. The molecule has 1 N–H and O–H groups in total. The molecule has 1 saturated heterocycles. The number of hydrogen-bond donors (Lipinski definition) is 1. The van der Waals surface area contributed by atoms with Crippen LogP contribution in [0.4, 0.5) is 10.3 Å². The minimum absolute atomic E-state index is 0.00245. The predicted molar refractivity (Wildman–Crippen MR) is 134 cm³/mol. The molecule has 0 amide bonds. The van der Waals surface area contributed by atoms with Crippen molar-refractivity contribution in [3.05, 3.63) is 47.4 Å². The second kappa shape index (κ2) is 10.6. The van der Waals surface area contributed by atoms with Gasteiger partial charge in [0.2, 0.25) is 16.0 Å². The monoisotopic (exact) mass is 521 g/mol. The van der Waals surface area contributed by atoms with Crippen molar-refractivity contribution < 1.29 is 32.2 Å². The molecule has 0 saturated carbocycles. The van der Waals surface area contributed by atoms with Gasteiger partial charge in [0, 0.05) is 24.6 Å². The fourth-order valence-corrected chi connectivity index (χ4v) is 4.36. The van der Waals surface area contributed by atoms with Gasteiger partial charge in [0.1, 0.15) is 5.82 Å². The van der Waals surface area contributed by atoms with E-state index in [1.54, 1.807) is 38.1 Å². The molecule has 1 aromatic heterocycles. The molecule has 1 aromatic carbocycles. The van der Waals surface area contributed by atoms with Crippen molar-refractivity contribution >= 4 is 28.0 Å². The number of rotatable bonds is 8. The molecule has 2 heterocycles. The van der Waals surface area contributed by atoms with E-state index in [0.717, 1.165) is 10.6 Å². The largest absolute Gasteiger partial charge is 0.481 e. The molecule has 1 aliphatic rings. The average Bonchev–Trinajstić information content (AvgIpc) is 2.75. The first-order chi connectivity index (χ1) is 16.7. The molecular weight excluding hydrogens is 489 g/mol. The molecule has 3 rings (SSSR count). The zero-order valence-corrected chi connectivity index (χ0v) is 22.0. The molecule has 0 bridgehead atoms. The summed E-state index contributed by atoms with van der Waals surface area (Å²) in [4.78, 5) is 20.3. The van der Waals surface area contributed by atoms with E-state index in [4.69, 9.17) is 9.47 Å². The van der Waals surface area contributed by atoms with E-state index in [1.807, 2.05) is 13.8 Å². The summed E-state index contributed by atoms with van der Waals surface area (Å²) in [7, 11) is -2.25. The summed E-state index contributed by atoms with van der Waals surface area (Å²) in [6, 6.07) is 5.75. The topological polar surface area (TPSA) is 119 Å². The zero-order chi connectivity index (χ0) is 26.8. The molecule has 1 aliphatic heterocycles. The van der Waals surface area contributed by atoms with Crippen LogP contribution in [0, 0.1) is 5.82 Å². The molecule has 1 fully saturated rings. The normalized spacial score (nSPS) is 20.1. The van der Waals surface area contributed by atoms with E-state index in [0.29, 0.717) is 28.9 Å². The van der Waals surface area contributed by atoms with Gasteiger partial charge < -0.3 is 14.6 Å². The smallest absolute Gasteiger partial charge is 0.305 e. The minimum Gasteiger partial charge on any atom is -0.481 e. The van der Waals surface area contributed by atoms with Gasteiger partial charge in [-0.2, -0.15) is 0 Å². The summed E-state index contributed by atoms with van der Waals surface area (Å²) in [6.07, 6.45) is 3.88. The number of halogens is 1. The summed E-state index contributed by atoms with van der Waals surface area (Å²) in [5.41, 5.74) is 2.24. The van der Waals surface area contributed by atoms with Crippen LogP contribution < -0.4 is 4.31 Å². The average molecular weight is 522 g/mol. The number of nitrogens with zero attached hydrogens (tertiary/aromatic N) is 3. The molecule has 2 unspecified atom stereocenters. The minimum atomic E-state index is -3.63. The fourth-order valence-electron chi connectivity index (χ4n) is 3.99. The Labute approximate surface area is 211 Å².